The molecule has 8 aliphatic rings. The summed E-state index contributed by atoms with van der Waals surface area (Å²) in [6, 6.07) is 2.23. The van der Waals surface area contributed by atoms with Crippen LogP contribution < -0.4 is 49.7 Å². The third kappa shape index (κ3) is 14.3. The van der Waals surface area contributed by atoms with Gasteiger partial charge in [-0.25, -0.2) is 9.59 Å². The number of ether oxygens (including phenoxy) is 10. The maximum absolute atomic E-state index is 13.7. The number of carbonyl (C=O) groups excluding carboxylic acids is 6. The van der Waals surface area contributed by atoms with E-state index in [9.17, 15) is 49.5 Å². The van der Waals surface area contributed by atoms with Gasteiger partial charge in [0.05, 0.1) is 50.5 Å². The van der Waals surface area contributed by atoms with E-state index in [0.29, 0.717) is 76.0 Å². The number of nitriles is 2. The molecular formula is C73H98N10O18. The number of fused-ring (bicyclic) bond motifs is 15. The van der Waals surface area contributed by atoms with Crippen LogP contribution >= 0.6 is 0 Å². The number of phenolic OH excluding ortho intramolecular Hbond substituents is 1. The molecule has 0 aromatic heterocycles. The Hall–Kier alpha value is -8.90. The minimum absolute atomic E-state index is 0.0117. The molecular weight excluding hydrogens is 1300 g/mol. The number of ketones is 2. The summed E-state index contributed by atoms with van der Waals surface area (Å²) in [5.74, 6) is 0.359. The number of alkyl carbamates (subject to hydrolysis) is 2. The monoisotopic (exact) mass is 1400 g/mol. The van der Waals surface area contributed by atoms with Crippen LogP contribution in [0.1, 0.15) is 151 Å². The predicted octanol–water partition coefficient (Wildman–Crippen LogP) is 7.10. The maximum atomic E-state index is 13.7. The molecule has 4 bridgehead atoms. The number of piperazine rings is 2. The van der Waals surface area contributed by atoms with Gasteiger partial charge in [0.2, 0.25) is 30.2 Å². The van der Waals surface area contributed by atoms with Crippen LogP contribution in [0.25, 0.3) is 0 Å². The van der Waals surface area contributed by atoms with Gasteiger partial charge in [-0.15, -0.1) is 0 Å². The molecule has 3 aromatic rings. The minimum Gasteiger partial charge on any atom is -0.507 e. The van der Waals surface area contributed by atoms with Crippen molar-refractivity contribution in [1.29, 1.82) is 10.5 Å². The second-order valence-corrected chi connectivity index (χ2v) is 28.4. The SMILES string of the molecule is CC.COCOc1c(OC)c(C)cc2c1[C@@H]1C3CC4=C(C(=O)C(=O)C(C)=C4O)[C@H](CNC(=O)[C@H](C)NC(=O)OC(C)(C)C)N3[C@@H](C#N)[C@H](C2)N1C.COCOc1c(OC)c(C)cc2c1[C@@H]1C3Cc4c(O)c(C)c5c(c4[C@H](CNC(=O)[C@H](C)NC(=O)OC(C)(C)C)N3[C@@H](C#N)[C@H](C2)N1C)OCO5. The first-order valence-corrected chi connectivity index (χ1v) is 34.1. The van der Waals surface area contributed by atoms with E-state index in [1.54, 1.807) is 76.7 Å². The lowest BCUT2D eigenvalue weighted by Crippen LogP contribution is -2.71. The number of aliphatic hydroxyl groups is 1. The summed E-state index contributed by atoms with van der Waals surface area (Å²) in [6.07, 6.45) is 0.0636. The second-order valence-electron chi connectivity index (χ2n) is 28.4. The molecule has 12 atom stereocenters. The van der Waals surface area contributed by atoms with Crippen molar-refractivity contribution < 1.29 is 86.3 Å². The highest BCUT2D eigenvalue weighted by atomic mass is 16.7. The van der Waals surface area contributed by atoms with Gasteiger partial charge in [0.15, 0.2) is 48.1 Å². The smallest absolute Gasteiger partial charge is 0.408 e. The Morgan fingerprint density at radius 3 is 1.50 bits per heavy atom. The normalized spacial score (nSPS) is 24.6. The van der Waals surface area contributed by atoms with E-state index >= 15 is 0 Å². The summed E-state index contributed by atoms with van der Waals surface area (Å²) in [5.41, 5.74) is 6.28. The van der Waals surface area contributed by atoms with Crippen LogP contribution in [0, 0.1) is 43.4 Å². The second kappa shape index (κ2) is 30.4. The van der Waals surface area contributed by atoms with Crippen molar-refractivity contribution in [2.45, 2.75) is 206 Å². The number of allylic oxidation sites excluding steroid dienone is 2. The third-order valence-electron chi connectivity index (χ3n) is 20.0. The molecule has 1 aliphatic carbocycles. The van der Waals surface area contributed by atoms with E-state index in [4.69, 9.17) is 47.4 Å². The number of hydrogen-bond acceptors (Lipinski definition) is 24. The van der Waals surface area contributed by atoms with Gasteiger partial charge >= 0.3 is 12.2 Å². The number of benzene rings is 3. The predicted molar refractivity (Wildman–Crippen MR) is 368 cm³/mol. The van der Waals surface area contributed by atoms with Crippen LogP contribution in [-0.2, 0) is 57.4 Å². The number of aliphatic hydroxyl groups excluding tert-OH is 1. The highest BCUT2D eigenvalue weighted by Gasteiger charge is 2.60. The van der Waals surface area contributed by atoms with Crippen molar-refractivity contribution in [3.05, 3.63) is 84.7 Å². The van der Waals surface area contributed by atoms with Crippen LogP contribution in [0.3, 0.4) is 0 Å². The van der Waals surface area contributed by atoms with E-state index in [1.807, 2.05) is 52.8 Å². The van der Waals surface area contributed by atoms with Gasteiger partial charge in [-0.3, -0.25) is 38.8 Å². The number of aryl methyl sites for hydroxylation is 2. The molecule has 3 aromatic carbocycles. The summed E-state index contributed by atoms with van der Waals surface area (Å²) < 4.78 is 57.2. The molecule has 101 heavy (non-hydrogen) atoms. The Labute approximate surface area is 590 Å². The van der Waals surface area contributed by atoms with E-state index in [-0.39, 0.29) is 86.7 Å². The van der Waals surface area contributed by atoms with Crippen molar-refractivity contribution in [3.8, 4) is 52.4 Å². The molecule has 548 valence electrons. The molecule has 0 spiro atoms. The number of likely N-dealkylation sites (N-methyl/N-ethyl adjacent to an activating group) is 2. The number of nitrogens with zero attached hydrogens (tertiary/aromatic N) is 6. The van der Waals surface area contributed by atoms with Crippen LogP contribution in [0.4, 0.5) is 9.59 Å². The zero-order valence-corrected chi connectivity index (χ0v) is 61.6. The van der Waals surface area contributed by atoms with E-state index in [2.05, 4.69) is 54.2 Å². The standard InChI is InChI=1S/C36H47N5O9.C35H45N5O9.C2H6/c1-17-10-20-11-22-24(13-37)41-23(28(40(22)7)26(20)32(30(17)46-9)47-15-45-8)12-21-27(33-31(48-16-49-33)18(2)29(21)42)25(41)14-38-34(43)19(3)39-35(44)50-36(4,5)6;1-16-10-19-11-21-23(13-36)40-22(27(39(21)7)25(19)32(31(16)47-9)48-15-46-8)12-20-26(30(43)29(42)17(2)28(20)41)24(40)14-37-33(44)18(3)38-34(45)49-35(4,5)6;1-2/h10,19,22-25,28,42H,11-12,14-16H2,1-9H3,(H,38,43)(H,39,44);10,18,21-24,27,41H,11-12,14-15H2,1-9H3,(H,37,44)(H,38,45);1-2H3/t19-,22-,23?,24-,25-,28-;18-,21-,22?,23-,24-,27-;/m00./s1. The maximum Gasteiger partial charge on any atom is 0.408 e. The Bertz CT molecular complexity index is 3920. The van der Waals surface area contributed by atoms with Crippen molar-refractivity contribution in [1.82, 2.24) is 40.9 Å². The number of phenols is 1. The van der Waals surface area contributed by atoms with E-state index in [1.165, 1.54) is 21.0 Å². The lowest BCUT2D eigenvalue weighted by Gasteiger charge is -2.60. The number of methoxy groups -OCH3 is 4. The average molecular weight is 1400 g/mol. The summed E-state index contributed by atoms with van der Waals surface area (Å²) in [5, 5.41) is 55.7. The first-order chi connectivity index (χ1) is 47.8. The fraction of sp³-hybridized carbons (Fsp3) is 0.589. The molecule has 11 rings (SSSR count). The van der Waals surface area contributed by atoms with Crippen LogP contribution in [-0.4, -0.2) is 207 Å². The number of amides is 4. The minimum atomic E-state index is -1.01. The average Bonchev–Trinajstić information content (AvgIpc) is 0.904. The number of Topliss-reactive ketones (excluding diaryl/α,β-unsaturated/α-hetero) is 2. The number of nitrogens with one attached hydrogen (secondary N) is 4. The van der Waals surface area contributed by atoms with Gasteiger partial charge in [0.25, 0.3) is 0 Å². The molecule has 4 amide bonds. The first-order valence-electron chi connectivity index (χ1n) is 34.1. The number of aromatic hydroxyl groups is 1. The van der Waals surface area contributed by atoms with Crippen LogP contribution in [0.2, 0.25) is 0 Å². The largest absolute Gasteiger partial charge is 0.507 e. The Morgan fingerprint density at radius 2 is 1.06 bits per heavy atom. The van der Waals surface area contributed by atoms with Crippen LogP contribution in [0.15, 0.2) is 34.6 Å². The summed E-state index contributed by atoms with van der Waals surface area (Å²) in [4.78, 5) is 87.0. The number of rotatable bonds is 16. The molecule has 7 heterocycles. The lowest BCUT2D eigenvalue weighted by atomic mass is 9.70. The molecule has 6 N–H and O–H groups in total. The Morgan fingerprint density at radius 1 is 0.624 bits per heavy atom. The molecule has 2 saturated heterocycles. The highest BCUT2D eigenvalue weighted by Crippen LogP contribution is 2.59. The Kier molecular flexibility index (Phi) is 22.9. The number of carbonyl (C=O) groups is 6. The highest BCUT2D eigenvalue weighted by molar-refractivity contribution is 6.50. The van der Waals surface area contributed by atoms with Crippen molar-refractivity contribution in [2.24, 2.45) is 0 Å². The zero-order chi connectivity index (χ0) is 74.3. The van der Waals surface area contributed by atoms with Gasteiger partial charge < -0.3 is 78.8 Å². The molecule has 28 nitrogen and oxygen atoms in total. The van der Waals surface area contributed by atoms with Gasteiger partial charge in [0, 0.05) is 96.0 Å². The quantitative estimate of drug-likeness (QED) is 0.0473. The first kappa shape index (κ1) is 76.3. The fourth-order valence-electron chi connectivity index (χ4n) is 15.9. The van der Waals surface area contributed by atoms with Crippen LogP contribution in [0.5, 0.6) is 40.2 Å². The van der Waals surface area contributed by atoms with Crippen molar-refractivity contribution in [3.63, 3.8) is 0 Å². The molecule has 0 saturated carbocycles. The van der Waals surface area contributed by atoms with Gasteiger partial charge in [-0.1, -0.05) is 26.0 Å². The molecule has 2 unspecified atom stereocenters. The topological polar surface area (TPSA) is 344 Å². The van der Waals surface area contributed by atoms with E-state index < -0.39 is 95.1 Å². The van der Waals surface area contributed by atoms with Gasteiger partial charge in [0.1, 0.15) is 46.9 Å². The fourth-order valence-corrected chi connectivity index (χ4v) is 15.9. The molecule has 0 radical (unpaired) electrons. The van der Waals surface area contributed by atoms with Gasteiger partial charge in [-0.2, -0.15) is 10.5 Å². The summed E-state index contributed by atoms with van der Waals surface area (Å²) >= 11 is 0. The molecule has 7 aliphatic heterocycles. The van der Waals surface area contributed by atoms with Gasteiger partial charge in [-0.05, 0) is 145 Å². The molecule has 2 fully saturated rings. The summed E-state index contributed by atoms with van der Waals surface area (Å²) in [6.45, 7) is 24.3. The zero-order valence-electron chi connectivity index (χ0n) is 61.6. The summed E-state index contributed by atoms with van der Waals surface area (Å²) in [7, 11) is 10.2. The number of hydrogen-bond donors (Lipinski definition) is 6. The van der Waals surface area contributed by atoms with E-state index in [0.717, 1.165) is 33.4 Å². The Balaban J connectivity index is 0.000000230. The van der Waals surface area contributed by atoms with Crippen molar-refractivity contribution >= 4 is 35.6 Å². The third-order valence-corrected chi connectivity index (χ3v) is 20.0. The molecule has 28 heteroatoms. The van der Waals surface area contributed by atoms with Crippen molar-refractivity contribution in [2.75, 3.05) is 76.0 Å². The lowest BCUT2D eigenvalue weighted by molar-refractivity contribution is -0.134.